The van der Waals surface area contributed by atoms with Crippen molar-refractivity contribution < 1.29 is 0 Å². The van der Waals surface area contributed by atoms with Gasteiger partial charge in [-0.05, 0) is 38.7 Å². The van der Waals surface area contributed by atoms with Crippen LogP contribution in [0.5, 0.6) is 0 Å². The standard InChI is InChI=1S/C20H27B13/c21-8-2-1-3-5(11(24)17(30)15(28)9(3)22)6(4(2)10(23)16(29)14(8)27)7-12(25)18(31)20(33)19(32)13(7)26/h1H,21-33H2. The first-order valence-corrected chi connectivity index (χ1v) is 12.3. The first-order valence-electron chi connectivity index (χ1n) is 12.3. The normalized spacial score (nSPS) is 11.4. The second-order valence-corrected chi connectivity index (χ2v) is 10.6. The SMILES string of the molecule is Bc1c(B)c(B)c(-c2c3c(B)c(B)c(B)c(B)c3cc3c(B)c(B)c(B)c(B)c23)c(B)c1B. The number of benzene rings is 4. The summed E-state index contributed by atoms with van der Waals surface area (Å²) in [4.78, 5) is 0. The Hall–Kier alpha value is -1.76. The van der Waals surface area contributed by atoms with E-state index in [-0.39, 0.29) is 0 Å². The lowest BCUT2D eigenvalue weighted by Crippen LogP contribution is -2.55. The van der Waals surface area contributed by atoms with Crippen LogP contribution in [0.2, 0.25) is 0 Å². The van der Waals surface area contributed by atoms with Crippen molar-refractivity contribution in [3.05, 3.63) is 6.07 Å². The third kappa shape index (κ3) is 3.24. The average Bonchev–Trinajstić information content (AvgIpc) is 2.80. The van der Waals surface area contributed by atoms with Gasteiger partial charge in [-0.1, -0.05) is 32.8 Å². The van der Waals surface area contributed by atoms with Gasteiger partial charge in [0.15, 0.2) is 0 Å². The smallest absolute Gasteiger partial charge is 0.102 e. The molecule has 0 saturated carbocycles. The minimum absolute atomic E-state index is 1.42. The average molecular weight is 408 g/mol. The zero-order chi connectivity index (χ0) is 24.7. The van der Waals surface area contributed by atoms with Gasteiger partial charge in [-0.3, -0.25) is 0 Å². The number of rotatable bonds is 1. The molecule has 0 aromatic heterocycles. The van der Waals surface area contributed by atoms with Gasteiger partial charge in [0.1, 0.15) is 102 Å². The van der Waals surface area contributed by atoms with Gasteiger partial charge >= 0.3 is 0 Å². The van der Waals surface area contributed by atoms with Crippen LogP contribution in [0.15, 0.2) is 6.07 Å². The fraction of sp³-hybridized carbons (Fsp3) is 0. The maximum Gasteiger partial charge on any atom is 0.139 e. The summed E-state index contributed by atoms with van der Waals surface area (Å²) in [5, 5.41) is 5.72. The third-order valence-corrected chi connectivity index (χ3v) is 9.51. The molecule has 0 radical (unpaired) electrons. The molecule has 0 aliphatic carbocycles. The lowest BCUT2D eigenvalue weighted by atomic mass is 9.57. The molecular weight excluding hydrogens is 381 g/mol. The Labute approximate surface area is 211 Å². The molecule has 0 nitrogen and oxygen atoms in total. The summed E-state index contributed by atoms with van der Waals surface area (Å²) in [5.74, 6) is 0. The molecule has 0 fully saturated rings. The Balaban J connectivity index is 2.50. The van der Waals surface area contributed by atoms with Gasteiger partial charge in [0.05, 0.1) is 0 Å². The number of fused-ring (bicyclic) bond motifs is 2. The van der Waals surface area contributed by atoms with Crippen LogP contribution in [0.1, 0.15) is 0 Å². The van der Waals surface area contributed by atoms with Crippen molar-refractivity contribution in [3.63, 3.8) is 0 Å². The molecule has 0 N–H and O–H groups in total. The van der Waals surface area contributed by atoms with Gasteiger partial charge in [-0.25, -0.2) is 0 Å². The molecule has 4 rings (SSSR count). The summed E-state index contributed by atoms with van der Waals surface area (Å²) in [6, 6.07) is 2.50. The van der Waals surface area contributed by atoms with Crippen molar-refractivity contribution in [2.24, 2.45) is 0 Å². The number of hydrogen-bond acceptors (Lipinski definition) is 0. The van der Waals surface area contributed by atoms with E-state index in [1.807, 2.05) is 0 Å². The largest absolute Gasteiger partial charge is 0.139 e. The Kier molecular flexibility index (Phi) is 6.04. The van der Waals surface area contributed by atoms with Crippen LogP contribution in [0.4, 0.5) is 0 Å². The first-order chi connectivity index (χ1) is 15.3. The van der Waals surface area contributed by atoms with Crippen molar-refractivity contribution in [1.82, 2.24) is 0 Å². The minimum atomic E-state index is 1.42. The predicted molar refractivity (Wildman–Crippen MR) is 193 cm³/mol. The Morgan fingerprint density at radius 3 is 0.909 bits per heavy atom. The van der Waals surface area contributed by atoms with E-state index in [0.29, 0.717) is 0 Å². The van der Waals surface area contributed by atoms with Gasteiger partial charge in [0.2, 0.25) is 0 Å². The quantitative estimate of drug-likeness (QED) is 0.217. The highest BCUT2D eigenvalue weighted by Crippen LogP contribution is 2.30. The first kappa shape index (κ1) is 24.4. The summed E-state index contributed by atoms with van der Waals surface area (Å²) in [5.41, 5.74) is 21.4. The Morgan fingerprint density at radius 1 is 0.273 bits per heavy atom. The fourth-order valence-corrected chi connectivity index (χ4v) is 6.08. The third-order valence-electron chi connectivity index (χ3n) is 9.51. The van der Waals surface area contributed by atoms with E-state index in [1.54, 1.807) is 0 Å². The summed E-state index contributed by atoms with van der Waals surface area (Å²) in [7, 11) is 30.0. The fourth-order valence-electron chi connectivity index (χ4n) is 6.08. The van der Waals surface area contributed by atoms with Gasteiger partial charge in [0.25, 0.3) is 0 Å². The highest BCUT2D eigenvalue weighted by molar-refractivity contribution is 6.72. The molecular formula is C20H27B13. The zero-order valence-corrected chi connectivity index (χ0v) is 23.1. The molecule has 13 heteroatoms. The van der Waals surface area contributed by atoms with Gasteiger partial charge in [0, 0.05) is 0 Å². The molecule has 33 heavy (non-hydrogen) atoms. The van der Waals surface area contributed by atoms with Crippen molar-refractivity contribution in [2.75, 3.05) is 0 Å². The molecule has 0 aliphatic heterocycles. The maximum absolute atomic E-state index is 2.50. The van der Waals surface area contributed by atoms with E-state index in [0.717, 1.165) is 0 Å². The molecule has 0 unspecified atom stereocenters. The van der Waals surface area contributed by atoms with Crippen molar-refractivity contribution in [1.29, 1.82) is 0 Å². The molecule has 0 aliphatic rings. The second-order valence-electron chi connectivity index (χ2n) is 10.6. The topological polar surface area (TPSA) is 0 Å². The summed E-state index contributed by atoms with van der Waals surface area (Å²) < 4.78 is 0. The molecule has 0 heterocycles. The predicted octanol–water partition coefficient (Wildman–Crippen LogP) is -17.0. The van der Waals surface area contributed by atoms with E-state index in [9.17, 15) is 0 Å². The molecule has 0 atom stereocenters. The van der Waals surface area contributed by atoms with Gasteiger partial charge in [-0.2, -0.15) is 0 Å². The lowest BCUT2D eigenvalue weighted by molar-refractivity contribution is 1.89. The Bertz CT molecular complexity index is 1430. The molecule has 0 spiro atoms. The summed E-state index contributed by atoms with van der Waals surface area (Å²) in [6.07, 6.45) is 0. The molecule has 4 aromatic rings. The second kappa shape index (κ2) is 8.18. The lowest BCUT2D eigenvalue weighted by Gasteiger charge is -2.28. The van der Waals surface area contributed by atoms with Gasteiger partial charge in [-0.15, -0.1) is 38.2 Å². The molecule has 0 amide bonds. The van der Waals surface area contributed by atoms with Crippen molar-refractivity contribution in [3.8, 4) is 11.1 Å². The zero-order valence-electron chi connectivity index (χ0n) is 23.1. The van der Waals surface area contributed by atoms with E-state index in [2.05, 4.69) is 108 Å². The summed E-state index contributed by atoms with van der Waals surface area (Å²) >= 11 is 0. The van der Waals surface area contributed by atoms with Crippen LogP contribution in [-0.2, 0) is 0 Å². The van der Waals surface area contributed by atoms with Crippen LogP contribution in [0.3, 0.4) is 0 Å². The molecule has 0 saturated heterocycles. The minimum Gasteiger partial charge on any atom is -0.102 e. The van der Waals surface area contributed by atoms with Crippen molar-refractivity contribution >= 4 is 195 Å². The van der Waals surface area contributed by atoms with E-state index in [4.69, 9.17) is 0 Å². The van der Waals surface area contributed by atoms with Crippen molar-refractivity contribution in [2.45, 2.75) is 0 Å². The monoisotopic (exact) mass is 410 g/mol. The highest BCUT2D eigenvalue weighted by Gasteiger charge is 2.23. The van der Waals surface area contributed by atoms with Crippen LogP contribution < -0.4 is 71.0 Å². The molecule has 4 aromatic carbocycles. The van der Waals surface area contributed by atoms with Crippen LogP contribution in [0, 0.1) is 0 Å². The number of hydrogen-bond donors (Lipinski definition) is 0. The van der Waals surface area contributed by atoms with Crippen LogP contribution in [-0.4, -0.2) is 102 Å². The van der Waals surface area contributed by atoms with Gasteiger partial charge < -0.3 is 0 Å². The molecule has 146 valence electrons. The maximum atomic E-state index is 2.50. The highest BCUT2D eigenvalue weighted by atomic mass is 14.2. The summed E-state index contributed by atoms with van der Waals surface area (Å²) in [6.45, 7) is 0. The Morgan fingerprint density at radius 2 is 0.545 bits per heavy atom. The molecule has 0 bridgehead atoms. The van der Waals surface area contributed by atoms with E-state index >= 15 is 0 Å². The van der Waals surface area contributed by atoms with Crippen LogP contribution >= 0.6 is 0 Å². The van der Waals surface area contributed by atoms with E-state index < -0.39 is 0 Å². The van der Waals surface area contributed by atoms with Crippen LogP contribution in [0.25, 0.3) is 32.7 Å². The van der Waals surface area contributed by atoms with E-state index in [1.165, 1.54) is 104 Å².